The molecule has 0 bridgehead atoms. The van der Waals surface area contributed by atoms with Gasteiger partial charge in [0.15, 0.2) is 0 Å². The van der Waals surface area contributed by atoms with E-state index in [1.165, 1.54) is 31.6 Å². The third-order valence-corrected chi connectivity index (χ3v) is 1.65. The van der Waals surface area contributed by atoms with Gasteiger partial charge in [0.25, 0.3) is 0 Å². The van der Waals surface area contributed by atoms with Crippen LogP contribution < -0.4 is 0 Å². The highest BCUT2D eigenvalue weighted by Crippen LogP contribution is 2.11. The van der Waals surface area contributed by atoms with Gasteiger partial charge in [0.05, 0.1) is 0 Å². The van der Waals surface area contributed by atoms with Crippen LogP contribution in [0.5, 0.6) is 0 Å². The Morgan fingerprint density at radius 3 is 1.67 bits per heavy atom. The molecule has 1 fully saturated rings. The molecule has 0 aromatic heterocycles. The lowest BCUT2D eigenvalue weighted by Crippen LogP contribution is -2.15. The van der Waals surface area contributed by atoms with Crippen molar-refractivity contribution < 1.29 is 0 Å². The zero-order valence-corrected chi connectivity index (χ0v) is 8.64. The summed E-state index contributed by atoms with van der Waals surface area (Å²) in [5.41, 5.74) is 1.22. The van der Waals surface area contributed by atoms with Crippen LogP contribution in [-0.4, -0.2) is 18.0 Å². The molecule has 0 radical (unpaired) electrons. The zero-order chi connectivity index (χ0) is 9.98. The molecule has 0 atom stereocenters. The highest BCUT2D eigenvalue weighted by atomic mass is 15.1. The van der Waals surface area contributed by atoms with Crippen LogP contribution in [0.1, 0.15) is 33.6 Å². The van der Waals surface area contributed by atoms with Crippen molar-refractivity contribution in [3.63, 3.8) is 0 Å². The van der Waals surface area contributed by atoms with Gasteiger partial charge in [-0.1, -0.05) is 20.4 Å². The lowest BCUT2D eigenvalue weighted by molar-refractivity contribution is 0.430. The van der Waals surface area contributed by atoms with Crippen molar-refractivity contribution in [3.05, 3.63) is 12.3 Å². The fraction of sp³-hybridized carbons (Fsp3) is 0.636. The first-order valence-corrected chi connectivity index (χ1v) is 4.54. The Balaban J connectivity index is 0. The molecule has 1 saturated heterocycles. The number of rotatable bonds is 1. The number of likely N-dealkylation sites (tertiary alicyclic amines) is 1. The second-order valence-corrected chi connectivity index (χ2v) is 2.43. The largest absolute Gasteiger partial charge is 0.376 e. The zero-order valence-electron chi connectivity index (χ0n) is 8.64. The van der Waals surface area contributed by atoms with Crippen LogP contribution in [0.15, 0.2) is 12.3 Å². The lowest BCUT2D eigenvalue weighted by Gasteiger charge is -2.15. The first-order chi connectivity index (χ1) is 5.80. The van der Waals surface area contributed by atoms with E-state index < -0.39 is 0 Å². The maximum atomic E-state index is 4.00. The second kappa shape index (κ2) is 10.1. The Bertz CT molecular complexity index is 118. The standard InChI is InChI=1S/C7H13N.C2H6.C2H2/c1-7(2)8-5-3-4-6-8;2*1-2/h1,3-6H2,2H3;1-2H3;1-2H. The van der Waals surface area contributed by atoms with Crippen molar-refractivity contribution in [1.29, 1.82) is 0 Å². The number of hydrogen-bond acceptors (Lipinski definition) is 1. The van der Waals surface area contributed by atoms with Gasteiger partial charge >= 0.3 is 0 Å². The fourth-order valence-corrected chi connectivity index (χ4v) is 1.10. The molecule has 1 aliphatic rings. The lowest BCUT2D eigenvalue weighted by atomic mass is 10.4. The van der Waals surface area contributed by atoms with Crippen LogP contribution in [0.3, 0.4) is 0 Å². The van der Waals surface area contributed by atoms with E-state index in [-0.39, 0.29) is 0 Å². The molecule has 1 aliphatic heterocycles. The summed E-state index contributed by atoms with van der Waals surface area (Å²) in [6, 6.07) is 0. The third kappa shape index (κ3) is 5.85. The van der Waals surface area contributed by atoms with Gasteiger partial charge in [0.2, 0.25) is 0 Å². The Labute approximate surface area is 77.5 Å². The van der Waals surface area contributed by atoms with Gasteiger partial charge in [-0.15, -0.1) is 12.8 Å². The van der Waals surface area contributed by atoms with Crippen LogP contribution in [0, 0.1) is 12.8 Å². The number of hydrogen-bond donors (Lipinski definition) is 0. The van der Waals surface area contributed by atoms with Crippen LogP contribution >= 0.6 is 0 Å². The fourth-order valence-electron chi connectivity index (χ4n) is 1.10. The topological polar surface area (TPSA) is 3.24 Å². The summed E-state index contributed by atoms with van der Waals surface area (Å²) in [5.74, 6) is 0. The Morgan fingerprint density at radius 1 is 1.17 bits per heavy atom. The molecule has 0 aromatic rings. The van der Waals surface area contributed by atoms with Crippen molar-refractivity contribution in [2.45, 2.75) is 33.6 Å². The van der Waals surface area contributed by atoms with Crippen molar-refractivity contribution in [2.24, 2.45) is 0 Å². The highest BCUT2D eigenvalue weighted by molar-refractivity contribution is 4.90. The van der Waals surface area contributed by atoms with E-state index >= 15 is 0 Å². The van der Waals surface area contributed by atoms with Gasteiger partial charge in [-0.05, 0) is 19.8 Å². The molecule has 12 heavy (non-hydrogen) atoms. The molecule has 70 valence electrons. The Kier molecular flexibility index (Phi) is 11.5. The molecule has 0 spiro atoms. The molecule has 1 rings (SSSR count). The van der Waals surface area contributed by atoms with E-state index in [1.807, 2.05) is 13.8 Å². The monoisotopic (exact) mass is 167 g/mol. The van der Waals surface area contributed by atoms with Crippen LogP contribution in [0.25, 0.3) is 0 Å². The summed E-state index contributed by atoms with van der Waals surface area (Å²) in [6.07, 6.45) is 10.7. The molecular formula is C11H21N. The summed E-state index contributed by atoms with van der Waals surface area (Å²) in [7, 11) is 0. The van der Waals surface area contributed by atoms with E-state index in [0.29, 0.717) is 0 Å². The molecule has 0 N–H and O–H groups in total. The van der Waals surface area contributed by atoms with E-state index in [1.54, 1.807) is 0 Å². The predicted octanol–water partition coefficient (Wildman–Crippen LogP) is 2.89. The van der Waals surface area contributed by atoms with Gasteiger partial charge in [-0.3, -0.25) is 0 Å². The summed E-state index contributed by atoms with van der Waals surface area (Å²) < 4.78 is 0. The highest BCUT2D eigenvalue weighted by Gasteiger charge is 2.08. The van der Waals surface area contributed by atoms with Gasteiger partial charge in [-0.2, -0.15) is 0 Å². The second-order valence-electron chi connectivity index (χ2n) is 2.43. The normalized spacial score (nSPS) is 13.6. The molecule has 0 amide bonds. The summed E-state index contributed by atoms with van der Waals surface area (Å²) >= 11 is 0. The third-order valence-electron chi connectivity index (χ3n) is 1.65. The molecular weight excluding hydrogens is 146 g/mol. The maximum absolute atomic E-state index is 4.00. The molecule has 0 unspecified atom stereocenters. The van der Waals surface area contributed by atoms with E-state index in [9.17, 15) is 0 Å². The molecule has 0 saturated carbocycles. The van der Waals surface area contributed by atoms with Crippen molar-refractivity contribution in [3.8, 4) is 12.8 Å². The Morgan fingerprint density at radius 2 is 1.50 bits per heavy atom. The average molecular weight is 167 g/mol. The number of terminal acetylenes is 1. The van der Waals surface area contributed by atoms with E-state index in [4.69, 9.17) is 0 Å². The van der Waals surface area contributed by atoms with Crippen molar-refractivity contribution in [1.82, 2.24) is 4.90 Å². The van der Waals surface area contributed by atoms with E-state index in [0.717, 1.165) is 0 Å². The first-order valence-electron chi connectivity index (χ1n) is 4.54. The van der Waals surface area contributed by atoms with Gasteiger partial charge in [0.1, 0.15) is 0 Å². The summed E-state index contributed by atoms with van der Waals surface area (Å²) in [4.78, 5) is 2.33. The SMILES string of the molecule is C#C.C=C(C)N1CCCC1.CC. The molecule has 1 heteroatoms. The van der Waals surface area contributed by atoms with Gasteiger partial charge in [0, 0.05) is 18.8 Å². The predicted molar refractivity (Wildman–Crippen MR) is 56.9 cm³/mol. The van der Waals surface area contributed by atoms with Crippen molar-refractivity contribution in [2.75, 3.05) is 13.1 Å². The maximum Gasteiger partial charge on any atom is 0.0175 e. The minimum atomic E-state index is 1.22. The summed E-state index contributed by atoms with van der Waals surface area (Å²) in [6.45, 7) is 12.4. The van der Waals surface area contributed by atoms with Gasteiger partial charge < -0.3 is 4.90 Å². The molecule has 1 heterocycles. The van der Waals surface area contributed by atoms with Crippen LogP contribution in [0.2, 0.25) is 0 Å². The smallest absolute Gasteiger partial charge is 0.0175 e. The van der Waals surface area contributed by atoms with Gasteiger partial charge in [-0.25, -0.2) is 0 Å². The minimum absolute atomic E-state index is 1.22. The van der Waals surface area contributed by atoms with Crippen molar-refractivity contribution >= 4 is 0 Å². The average Bonchev–Trinajstić information content (AvgIpc) is 2.64. The molecule has 0 aromatic carbocycles. The minimum Gasteiger partial charge on any atom is -0.376 e. The van der Waals surface area contributed by atoms with Crippen LogP contribution in [0.4, 0.5) is 0 Å². The Hall–Kier alpha value is -0.900. The molecule has 0 aliphatic carbocycles. The number of allylic oxidation sites excluding steroid dienone is 1. The number of nitrogens with zero attached hydrogens (tertiary/aromatic N) is 1. The summed E-state index contributed by atoms with van der Waals surface area (Å²) in [5, 5.41) is 0. The first kappa shape index (κ1) is 13.7. The van der Waals surface area contributed by atoms with Crippen LogP contribution in [-0.2, 0) is 0 Å². The quantitative estimate of drug-likeness (QED) is 0.543. The molecule has 1 nitrogen and oxygen atoms in total. The van der Waals surface area contributed by atoms with E-state index in [2.05, 4.69) is 31.2 Å².